The van der Waals surface area contributed by atoms with Crippen molar-refractivity contribution in [2.45, 2.75) is 34.1 Å². The van der Waals surface area contributed by atoms with Crippen LogP contribution >= 0.6 is 0 Å². The van der Waals surface area contributed by atoms with Gasteiger partial charge in [-0.15, -0.1) is 0 Å². The zero-order valence-corrected chi connectivity index (χ0v) is 12.8. The van der Waals surface area contributed by atoms with E-state index in [1.165, 1.54) is 0 Å². The Morgan fingerprint density at radius 1 is 1.15 bits per heavy atom. The average molecular weight is 272 g/mol. The predicted molar refractivity (Wildman–Crippen MR) is 82.7 cm³/mol. The minimum absolute atomic E-state index is 0.0485. The van der Waals surface area contributed by atoms with Gasteiger partial charge in [-0.2, -0.15) is 0 Å². The Morgan fingerprint density at radius 2 is 1.85 bits per heavy atom. The molecule has 0 radical (unpaired) electrons. The molecule has 0 saturated heterocycles. The summed E-state index contributed by atoms with van der Waals surface area (Å²) >= 11 is 0. The third-order valence-electron chi connectivity index (χ3n) is 4.23. The third kappa shape index (κ3) is 2.79. The summed E-state index contributed by atoms with van der Waals surface area (Å²) in [4.78, 5) is 12.4. The van der Waals surface area contributed by atoms with Crippen LogP contribution in [-0.2, 0) is 4.79 Å². The van der Waals surface area contributed by atoms with E-state index >= 15 is 0 Å². The molecule has 0 amide bonds. The van der Waals surface area contributed by atoms with E-state index in [0.29, 0.717) is 12.4 Å². The minimum atomic E-state index is -0.0485. The molecule has 1 aliphatic rings. The summed E-state index contributed by atoms with van der Waals surface area (Å²) in [6.45, 7) is 8.95. The van der Waals surface area contributed by atoms with Crippen LogP contribution in [0.5, 0.6) is 5.75 Å². The van der Waals surface area contributed by atoms with Gasteiger partial charge in [0, 0.05) is 17.4 Å². The third-order valence-corrected chi connectivity index (χ3v) is 4.23. The quantitative estimate of drug-likeness (QED) is 0.814. The number of ketones is 1. The SMILES string of the molecule is CCCOc1ccccc1C1=CC(C)C(C)C(=O)C1C. The number of hydrogen-bond donors (Lipinski definition) is 0. The Kier molecular flexibility index (Phi) is 4.64. The predicted octanol–water partition coefficient (Wildman–Crippen LogP) is 4.35. The Labute approximate surface area is 121 Å². The molecule has 0 spiro atoms. The molecule has 108 valence electrons. The van der Waals surface area contributed by atoms with Gasteiger partial charge in [0.2, 0.25) is 0 Å². The maximum atomic E-state index is 12.4. The van der Waals surface area contributed by atoms with Crippen molar-refractivity contribution in [3.8, 4) is 5.75 Å². The molecule has 2 heteroatoms. The monoisotopic (exact) mass is 272 g/mol. The number of para-hydroxylation sites is 1. The van der Waals surface area contributed by atoms with Gasteiger partial charge in [-0.1, -0.05) is 52.0 Å². The second kappa shape index (κ2) is 6.25. The van der Waals surface area contributed by atoms with Crippen molar-refractivity contribution in [2.75, 3.05) is 6.61 Å². The fourth-order valence-electron chi connectivity index (χ4n) is 2.74. The first-order chi connectivity index (χ1) is 9.56. The maximum absolute atomic E-state index is 12.4. The summed E-state index contributed by atoms with van der Waals surface area (Å²) in [5, 5.41) is 0. The summed E-state index contributed by atoms with van der Waals surface area (Å²) in [7, 11) is 0. The highest BCUT2D eigenvalue weighted by atomic mass is 16.5. The number of Topliss-reactive ketones (excluding diaryl/α,β-unsaturated/α-hetero) is 1. The van der Waals surface area contributed by atoms with Crippen molar-refractivity contribution in [1.82, 2.24) is 0 Å². The van der Waals surface area contributed by atoms with E-state index in [9.17, 15) is 4.79 Å². The van der Waals surface area contributed by atoms with Gasteiger partial charge >= 0.3 is 0 Å². The van der Waals surface area contributed by atoms with Crippen molar-refractivity contribution < 1.29 is 9.53 Å². The van der Waals surface area contributed by atoms with Crippen molar-refractivity contribution in [3.05, 3.63) is 35.9 Å². The first kappa shape index (κ1) is 14.8. The van der Waals surface area contributed by atoms with Crippen LogP contribution in [0.2, 0.25) is 0 Å². The molecule has 3 unspecified atom stereocenters. The van der Waals surface area contributed by atoms with Crippen molar-refractivity contribution >= 4 is 11.4 Å². The van der Waals surface area contributed by atoms with Crippen LogP contribution < -0.4 is 4.74 Å². The Hall–Kier alpha value is -1.57. The maximum Gasteiger partial charge on any atom is 0.143 e. The van der Waals surface area contributed by atoms with E-state index in [-0.39, 0.29) is 17.8 Å². The van der Waals surface area contributed by atoms with E-state index in [0.717, 1.165) is 23.3 Å². The van der Waals surface area contributed by atoms with Gasteiger partial charge in [0.25, 0.3) is 0 Å². The van der Waals surface area contributed by atoms with Gasteiger partial charge in [0.15, 0.2) is 0 Å². The van der Waals surface area contributed by atoms with Crippen molar-refractivity contribution in [3.63, 3.8) is 0 Å². The molecule has 0 aromatic heterocycles. The summed E-state index contributed by atoms with van der Waals surface area (Å²) in [5.74, 6) is 1.57. The summed E-state index contributed by atoms with van der Waals surface area (Å²) < 4.78 is 5.83. The first-order valence-corrected chi connectivity index (χ1v) is 7.53. The lowest BCUT2D eigenvalue weighted by Gasteiger charge is -2.29. The van der Waals surface area contributed by atoms with Gasteiger partial charge in [-0.3, -0.25) is 4.79 Å². The number of benzene rings is 1. The summed E-state index contributed by atoms with van der Waals surface area (Å²) in [5.41, 5.74) is 2.19. The fraction of sp³-hybridized carbons (Fsp3) is 0.500. The lowest BCUT2D eigenvalue weighted by atomic mass is 9.74. The second-order valence-corrected chi connectivity index (χ2v) is 5.74. The summed E-state index contributed by atoms with van der Waals surface area (Å²) in [6.07, 6.45) is 3.22. The second-order valence-electron chi connectivity index (χ2n) is 5.74. The number of rotatable bonds is 4. The van der Waals surface area contributed by atoms with Gasteiger partial charge < -0.3 is 4.74 Å². The zero-order valence-electron chi connectivity index (χ0n) is 12.8. The molecule has 20 heavy (non-hydrogen) atoms. The molecule has 2 rings (SSSR count). The normalized spacial score (nSPS) is 26.3. The van der Waals surface area contributed by atoms with Gasteiger partial charge in [0.1, 0.15) is 11.5 Å². The topological polar surface area (TPSA) is 26.3 Å². The van der Waals surface area contributed by atoms with Crippen LogP contribution in [0.3, 0.4) is 0 Å². The molecule has 0 saturated carbocycles. The van der Waals surface area contributed by atoms with Crippen LogP contribution in [0.25, 0.3) is 5.57 Å². The largest absolute Gasteiger partial charge is 0.493 e. The molecule has 0 aliphatic heterocycles. The first-order valence-electron chi connectivity index (χ1n) is 7.53. The highest BCUT2D eigenvalue weighted by molar-refractivity contribution is 5.97. The highest BCUT2D eigenvalue weighted by Gasteiger charge is 2.32. The van der Waals surface area contributed by atoms with Crippen LogP contribution in [0.4, 0.5) is 0 Å². The minimum Gasteiger partial charge on any atom is -0.493 e. The molecule has 1 aliphatic carbocycles. The fourth-order valence-corrected chi connectivity index (χ4v) is 2.74. The van der Waals surface area contributed by atoms with E-state index < -0.39 is 0 Å². The Bertz CT molecular complexity index is 516. The smallest absolute Gasteiger partial charge is 0.143 e. The molecule has 1 aromatic carbocycles. The van der Waals surface area contributed by atoms with Gasteiger partial charge in [0.05, 0.1) is 6.61 Å². The van der Waals surface area contributed by atoms with Crippen molar-refractivity contribution in [1.29, 1.82) is 0 Å². The highest BCUT2D eigenvalue weighted by Crippen LogP contribution is 2.38. The van der Waals surface area contributed by atoms with Crippen molar-refractivity contribution in [2.24, 2.45) is 17.8 Å². The van der Waals surface area contributed by atoms with Gasteiger partial charge in [-0.05, 0) is 24.0 Å². The molecule has 1 aromatic rings. The molecule has 3 atom stereocenters. The molecule has 0 bridgehead atoms. The molecule has 0 heterocycles. The molecule has 0 fully saturated rings. The van der Waals surface area contributed by atoms with Crippen LogP contribution in [0.15, 0.2) is 30.3 Å². The van der Waals surface area contributed by atoms with Crippen LogP contribution in [0, 0.1) is 17.8 Å². The lowest BCUT2D eigenvalue weighted by Crippen LogP contribution is -2.29. The number of allylic oxidation sites excluding steroid dienone is 2. The number of carbonyl (C=O) groups excluding carboxylic acids is 1. The number of ether oxygens (including phenoxy) is 1. The zero-order chi connectivity index (χ0) is 14.7. The Balaban J connectivity index is 2.40. The van der Waals surface area contributed by atoms with Crippen LogP contribution in [-0.4, -0.2) is 12.4 Å². The summed E-state index contributed by atoms with van der Waals surface area (Å²) in [6, 6.07) is 8.04. The number of hydrogen-bond acceptors (Lipinski definition) is 2. The Morgan fingerprint density at radius 3 is 2.55 bits per heavy atom. The van der Waals surface area contributed by atoms with E-state index in [2.05, 4.69) is 26.0 Å². The molecular formula is C18H24O2. The van der Waals surface area contributed by atoms with Crippen LogP contribution in [0.1, 0.15) is 39.7 Å². The molecule has 0 N–H and O–H groups in total. The standard InChI is InChI=1S/C18H24O2/c1-5-10-20-17-9-7-6-8-15(17)16-11-12(2)13(3)18(19)14(16)4/h6-9,11-14H,5,10H2,1-4H3. The van der Waals surface area contributed by atoms with Gasteiger partial charge in [-0.25, -0.2) is 0 Å². The van der Waals surface area contributed by atoms with E-state index in [4.69, 9.17) is 4.74 Å². The molecular weight excluding hydrogens is 248 g/mol. The van der Waals surface area contributed by atoms with E-state index in [1.54, 1.807) is 0 Å². The lowest BCUT2D eigenvalue weighted by molar-refractivity contribution is -0.125. The number of carbonyl (C=O) groups is 1. The average Bonchev–Trinajstić information content (AvgIpc) is 2.47. The molecule has 2 nitrogen and oxygen atoms in total. The van der Waals surface area contributed by atoms with E-state index in [1.807, 2.05) is 32.0 Å².